The zero-order valence-electron chi connectivity index (χ0n) is 16.6. The van der Waals surface area contributed by atoms with Crippen LogP contribution in [0.5, 0.6) is 0 Å². The molecule has 0 spiro atoms. The molecule has 0 saturated carbocycles. The monoisotopic (exact) mass is 364 g/mol. The van der Waals surface area contributed by atoms with Gasteiger partial charge < -0.3 is 4.42 Å². The van der Waals surface area contributed by atoms with Gasteiger partial charge in [-0.3, -0.25) is 0 Å². The smallest absolute Gasteiger partial charge is 0.134 e. The number of hydrogen-bond donors (Lipinski definition) is 0. The fraction of sp³-hybridized carbons (Fsp3) is 0.185. The van der Waals surface area contributed by atoms with Gasteiger partial charge in [-0.2, -0.15) is 0 Å². The first-order valence-corrected chi connectivity index (χ1v) is 9.91. The summed E-state index contributed by atoms with van der Waals surface area (Å²) in [5.41, 5.74) is 7.82. The number of hydrogen-bond acceptors (Lipinski definition) is 1. The molecule has 138 valence electrons. The van der Waals surface area contributed by atoms with E-state index < -0.39 is 0 Å². The number of fused-ring (bicyclic) bond motifs is 2. The normalized spacial score (nSPS) is 15.3. The second kappa shape index (κ2) is 6.24. The van der Waals surface area contributed by atoms with E-state index in [0.717, 1.165) is 12.2 Å². The molecule has 0 aliphatic heterocycles. The van der Waals surface area contributed by atoms with E-state index in [-0.39, 0.29) is 5.41 Å². The van der Waals surface area contributed by atoms with Crippen LogP contribution in [0.25, 0.3) is 27.5 Å². The van der Waals surface area contributed by atoms with Gasteiger partial charge >= 0.3 is 0 Å². The average Bonchev–Trinajstić information content (AvgIpc) is 3.22. The van der Waals surface area contributed by atoms with Crippen molar-refractivity contribution in [2.45, 2.75) is 32.6 Å². The molecule has 1 aromatic heterocycles. The van der Waals surface area contributed by atoms with E-state index in [9.17, 15) is 0 Å². The SMILES string of the molecule is Cc1ccc(-c2ccc3cc4c(cc3c2)C(c2ccco2)=CCC4(C)C)cc1. The van der Waals surface area contributed by atoms with Gasteiger partial charge in [0.2, 0.25) is 0 Å². The lowest BCUT2D eigenvalue weighted by atomic mass is 9.72. The highest BCUT2D eigenvalue weighted by Gasteiger charge is 2.29. The van der Waals surface area contributed by atoms with Crippen molar-refractivity contribution in [3.8, 4) is 11.1 Å². The molecule has 4 aromatic rings. The van der Waals surface area contributed by atoms with E-state index in [1.165, 1.54) is 44.2 Å². The molecule has 1 aliphatic rings. The first kappa shape index (κ1) is 17.1. The average molecular weight is 364 g/mol. The molecule has 0 atom stereocenters. The first-order valence-electron chi connectivity index (χ1n) is 9.91. The summed E-state index contributed by atoms with van der Waals surface area (Å²) in [4.78, 5) is 0. The van der Waals surface area contributed by atoms with Crippen LogP contribution >= 0.6 is 0 Å². The molecule has 1 heterocycles. The Hall–Kier alpha value is -3.06. The van der Waals surface area contributed by atoms with Gasteiger partial charge in [-0.05, 0) is 82.1 Å². The van der Waals surface area contributed by atoms with E-state index in [2.05, 4.69) is 87.5 Å². The molecule has 0 radical (unpaired) electrons. The minimum Gasteiger partial charge on any atom is -0.464 e. The molecule has 0 bridgehead atoms. The van der Waals surface area contributed by atoms with Crippen molar-refractivity contribution in [3.63, 3.8) is 0 Å². The van der Waals surface area contributed by atoms with Crippen LogP contribution in [0.15, 0.2) is 83.5 Å². The highest BCUT2D eigenvalue weighted by molar-refractivity contribution is 5.94. The number of allylic oxidation sites excluding steroid dienone is 1. The van der Waals surface area contributed by atoms with E-state index >= 15 is 0 Å². The first-order chi connectivity index (χ1) is 13.5. The molecular formula is C27H24O. The van der Waals surface area contributed by atoms with Crippen molar-refractivity contribution in [1.82, 2.24) is 0 Å². The third-order valence-corrected chi connectivity index (χ3v) is 5.98. The Kier molecular flexibility index (Phi) is 3.80. The lowest BCUT2D eigenvalue weighted by molar-refractivity contribution is 0.520. The van der Waals surface area contributed by atoms with E-state index in [1.54, 1.807) is 6.26 Å². The standard InChI is InChI=1S/C27H24O/c1-18-6-8-19(9-7-18)20-10-11-21-17-25-24(16-22(21)15-20)23(12-13-27(25,2)3)26-5-4-14-28-26/h4-12,14-17H,13H2,1-3H3. The largest absolute Gasteiger partial charge is 0.464 e. The number of aryl methyl sites for hydroxylation is 1. The highest BCUT2D eigenvalue weighted by atomic mass is 16.3. The Labute approximate surface area is 166 Å². The molecule has 28 heavy (non-hydrogen) atoms. The Balaban J connectivity index is 1.70. The Morgan fingerprint density at radius 3 is 2.36 bits per heavy atom. The van der Waals surface area contributed by atoms with Gasteiger partial charge in [-0.1, -0.05) is 61.9 Å². The topological polar surface area (TPSA) is 13.1 Å². The maximum absolute atomic E-state index is 5.75. The van der Waals surface area contributed by atoms with Gasteiger partial charge in [0, 0.05) is 5.57 Å². The van der Waals surface area contributed by atoms with Crippen molar-refractivity contribution in [3.05, 3.63) is 102 Å². The molecule has 0 saturated heterocycles. The predicted octanol–water partition coefficient (Wildman–Crippen LogP) is 7.52. The van der Waals surface area contributed by atoms with Gasteiger partial charge in [0.25, 0.3) is 0 Å². The summed E-state index contributed by atoms with van der Waals surface area (Å²) in [5.74, 6) is 0.950. The van der Waals surface area contributed by atoms with Crippen LogP contribution in [0, 0.1) is 6.92 Å². The van der Waals surface area contributed by atoms with Crippen molar-refractivity contribution in [2.24, 2.45) is 0 Å². The Morgan fingerprint density at radius 1 is 0.821 bits per heavy atom. The molecule has 0 amide bonds. The lowest BCUT2D eigenvalue weighted by Crippen LogP contribution is -2.21. The summed E-state index contributed by atoms with van der Waals surface area (Å²) < 4.78 is 5.75. The van der Waals surface area contributed by atoms with Crippen molar-refractivity contribution >= 4 is 16.3 Å². The maximum Gasteiger partial charge on any atom is 0.134 e. The third-order valence-electron chi connectivity index (χ3n) is 5.98. The second-order valence-corrected chi connectivity index (χ2v) is 8.51. The van der Waals surface area contributed by atoms with Crippen LogP contribution in [0.2, 0.25) is 0 Å². The molecule has 1 heteroatoms. The summed E-state index contributed by atoms with van der Waals surface area (Å²) in [5, 5.41) is 2.57. The number of furan rings is 1. The molecule has 3 aromatic carbocycles. The van der Waals surface area contributed by atoms with Crippen LogP contribution in [0.1, 0.15) is 42.7 Å². The minimum absolute atomic E-state index is 0.120. The van der Waals surface area contributed by atoms with Crippen LogP contribution in [-0.2, 0) is 5.41 Å². The van der Waals surface area contributed by atoms with E-state index in [1.807, 2.05) is 6.07 Å². The highest BCUT2D eigenvalue weighted by Crippen LogP contribution is 2.43. The van der Waals surface area contributed by atoms with Crippen LogP contribution in [0.3, 0.4) is 0 Å². The predicted molar refractivity (Wildman–Crippen MR) is 118 cm³/mol. The van der Waals surface area contributed by atoms with E-state index in [4.69, 9.17) is 4.42 Å². The number of benzene rings is 3. The second-order valence-electron chi connectivity index (χ2n) is 8.51. The minimum atomic E-state index is 0.120. The fourth-order valence-electron chi connectivity index (χ4n) is 4.25. The fourth-order valence-corrected chi connectivity index (χ4v) is 4.25. The van der Waals surface area contributed by atoms with Crippen LogP contribution in [0.4, 0.5) is 0 Å². The molecule has 1 nitrogen and oxygen atoms in total. The van der Waals surface area contributed by atoms with E-state index in [0.29, 0.717) is 0 Å². The van der Waals surface area contributed by atoms with Gasteiger partial charge in [-0.25, -0.2) is 0 Å². The third kappa shape index (κ3) is 2.79. The quantitative estimate of drug-likeness (QED) is 0.358. The van der Waals surface area contributed by atoms with Gasteiger partial charge in [0.1, 0.15) is 5.76 Å². The van der Waals surface area contributed by atoms with Gasteiger partial charge in [0.15, 0.2) is 0 Å². The van der Waals surface area contributed by atoms with Crippen LogP contribution < -0.4 is 0 Å². The Morgan fingerprint density at radius 2 is 1.61 bits per heavy atom. The zero-order valence-corrected chi connectivity index (χ0v) is 16.6. The molecule has 0 N–H and O–H groups in total. The van der Waals surface area contributed by atoms with Crippen molar-refractivity contribution in [2.75, 3.05) is 0 Å². The van der Waals surface area contributed by atoms with Crippen molar-refractivity contribution < 1.29 is 4.42 Å². The van der Waals surface area contributed by atoms with Gasteiger partial charge in [0.05, 0.1) is 6.26 Å². The zero-order chi connectivity index (χ0) is 19.3. The van der Waals surface area contributed by atoms with Crippen LogP contribution in [-0.4, -0.2) is 0 Å². The molecular weight excluding hydrogens is 340 g/mol. The number of rotatable bonds is 2. The molecule has 0 unspecified atom stereocenters. The van der Waals surface area contributed by atoms with Crippen molar-refractivity contribution in [1.29, 1.82) is 0 Å². The summed E-state index contributed by atoms with van der Waals surface area (Å²) in [6.07, 6.45) is 5.10. The maximum atomic E-state index is 5.75. The molecule has 0 fully saturated rings. The summed E-state index contributed by atoms with van der Waals surface area (Å²) in [6, 6.07) is 24.3. The molecule has 5 rings (SSSR count). The summed E-state index contributed by atoms with van der Waals surface area (Å²) in [7, 11) is 0. The summed E-state index contributed by atoms with van der Waals surface area (Å²) in [6.45, 7) is 6.78. The lowest BCUT2D eigenvalue weighted by Gasteiger charge is -2.32. The molecule has 1 aliphatic carbocycles. The Bertz CT molecular complexity index is 1190. The van der Waals surface area contributed by atoms with Gasteiger partial charge in [-0.15, -0.1) is 0 Å². The summed E-state index contributed by atoms with van der Waals surface area (Å²) >= 11 is 0.